The maximum Gasteiger partial charge on any atom is 0.164 e. The Morgan fingerprint density at radius 2 is 0.911 bits per heavy atom. The third-order valence-corrected chi connectivity index (χ3v) is 11.8. The van der Waals surface area contributed by atoms with Gasteiger partial charge in [-0.25, -0.2) is 15.0 Å². The summed E-state index contributed by atoms with van der Waals surface area (Å²) in [6, 6.07) is 62.0. The average molecular weight is 719 g/mol. The summed E-state index contributed by atoms with van der Waals surface area (Å²) in [5.74, 6) is 1.91. The number of hydrogen-bond donors (Lipinski definition) is 0. The minimum Gasteiger partial charge on any atom is -0.208 e. The lowest BCUT2D eigenvalue weighted by Gasteiger charge is -2.36. The Labute approximate surface area is 327 Å². The number of fused-ring (bicyclic) bond motifs is 5. The molecule has 0 amide bonds. The lowest BCUT2D eigenvalue weighted by molar-refractivity contribution is 0.353. The molecule has 7 aromatic carbocycles. The zero-order chi connectivity index (χ0) is 37.5. The smallest absolute Gasteiger partial charge is 0.164 e. The molecule has 0 unspecified atom stereocenters. The number of aromatic nitrogens is 3. The Hall–Kier alpha value is -6.96. The number of nitriles is 1. The molecule has 4 heteroatoms. The van der Waals surface area contributed by atoms with Gasteiger partial charge in [0.1, 0.15) is 0 Å². The molecule has 8 aromatic rings. The van der Waals surface area contributed by atoms with E-state index in [0.29, 0.717) is 17.5 Å². The summed E-state index contributed by atoms with van der Waals surface area (Å²) in [7, 11) is 0. The van der Waals surface area contributed by atoms with Crippen LogP contribution in [0.3, 0.4) is 0 Å². The lowest BCUT2D eigenvalue weighted by Crippen LogP contribution is -2.28. The molecule has 0 aliphatic heterocycles. The van der Waals surface area contributed by atoms with E-state index >= 15 is 0 Å². The molecule has 2 aliphatic rings. The third-order valence-electron chi connectivity index (χ3n) is 11.8. The van der Waals surface area contributed by atoms with Crippen molar-refractivity contribution < 1.29 is 0 Å². The van der Waals surface area contributed by atoms with Crippen molar-refractivity contribution in [3.8, 4) is 84.7 Å². The van der Waals surface area contributed by atoms with Crippen LogP contribution < -0.4 is 0 Å². The zero-order valence-electron chi connectivity index (χ0n) is 31.0. The molecule has 56 heavy (non-hydrogen) atoms. The van der Waals surface area contributed by atoms with Gasteiger partial charge in [0.05, 0.1) is 11.6 Å². The second kappa shape index (κ2) is 14.0. The van der Waals surface area contributed by atoms with E-state index in [4.69, 9.17) is 15.0 Å². The Morgan fingerprint density at radius 3 is 1.59 bits per heavy atom. The summed E-state index contributed by atoms with van der Waals surface area (Å²) < 4.78 is 0. The van der Waals surface area contributed by atoms with Crippen LogP contribution in [0, 0.1) is 11.3 Å². The van der Waals surface area contributed by atoms with Gasteiger partial charge in [0.15, 0.2) is 17.5 Å². The fraction of sp³-hybridized carbons (Fsp3) is 0.115. The van der Waals surface area contributed by atoms with Crippen molar-refractivity contribution in [2.75, 3.05) is 0 Å². The van der Waals surface area contributed by atoms with Gasteiger partial charge >= 0.3 is 0 Å². The highest BCUT2D eigenvalue weighted by Crippen LogP contribution is 2.58. The van der Waals surface area contributed by atoms with Crippen LogP contribution >= 0.6 is 0 Å². The van der Waals surface area contributed by atoms with Crippen LogP contribution in [-0.4, -0.2) is 15.0 Å². The van der Waals surface area contributed by atoms with Gasteiger partial charge in [0, 0.05) is 22.1 Å². The molecule has 2 aliphatic carbocycles. The van der Waals surface area contributed by atoms with Crippen LogP contribution in [-0.2, 0) is 5.41 Å². The molecule has 1 aromatic heterocycles. The summed E-state index contributed by atoms with van der Waals surface area (Å²) in [6.45, 7) is 0. The molecule has 0 bridgehead atoms. The van der Waals surface area contributed by atoms with Gasteiger partial charge in [-0.05, 0) is 92.7 Å². The van der Waals surface area contributed by atoms with Crippen molar-refractivity contribution in [3.63, 3.8) is 0 Å². The molecule has 4 nitrogen and oxygen atoms in total. The first kappa shape index (κ1) is 33.6. The molecule has 1 heterocycles. The number of benzene rings is 7. The standard InChI is InChI=1S/C52H38N4/c53-34-35-23-28-45-47(31-35)52(29-8-3-9-30-52)46-22-12-21-44(48(45)46)42-19-10-17-40(32-42)41-18-11-20-43(33-41)51-55-49(38-15-6-2-7-16-38)54-50(56-51)39-26-24-37(25-27-39)36-13-4-1-5-14-36/h1-2,4-7,10-28,31-33H,3,8-9,29-30H2. The van der Waals surface area contributed by atoms with Gasteiger partial charge in [-0.15, -0.1) is 0 Å². The molecule has 1 fully saturated rings. The summed E-state index contributed by atoms with van der Waals surface area (Å²) in [5, 5.41) is 9.85. The SMILES string of the molecule is N#Cc1ccc2c(c1)C1(CCCCC1)c1cccc(-c3cccc(-c4cccc(-c5nc(-c6ccccc6)nc(-c6ccc(-c7ccccc7)cc6)n5)c4)c3)c1-2. The predicted molar refractivity (Wildman–Crippen MR) is 226 cm³/mol. The number of hydrogen-bond acceptors (Lipinski definition) is 4. The first-order chi connectivity index (χ1) is 27.7. The van der Waals surface area contributed by atoms with Gasteiger partial charge in [0.2, 0.25) is 0 Å². The van der Waals surface area contributed by atoms with Crippen LogP contribution in [0.2, 0.25) is 0 Å². The van der Waals surface area contributed by atoms with Crippen LogP contribution in [0.4, 0.5) is 0 Å². The maximum absolute atomic E-state index is 9.85. The average Bonchev–Trinajstić information content (AvgIpc) is 3.55. The molecular formula is C52H38N4. The van der Waals surface area contributed by atoms with Gasteiger partial charge in [0.25, 0.3) is 0 Å². The minimum absolute atomic E-state index is 0.0241. The summed E-state index contributed by atoms with van der Waals surface area (Å²) in [6.07, 6.45) is 5.94. The molecular weight excluding hydrogens is 681 g/mol. The van der Waals surface area contributed by atoms with Gasteiger partial charge in [-0.3, -0.25) is 0 Å². The third kappa shape index (κ3) is 5.90. The first-order valence-electron chi connectivity index (χ1n) is 19.5. The number of rotatable bonds is 6. The fourth-order valence-corrected chi connectivity index (χ4v) is 9.05. The Balaban J connectivity index is 1.04. The molecule has 10 rings (SSSR count). The Morgan fingerprint density at radius 1 is 0.393 bits per heavy atom. The van der Waals surface area contributed by atoms with Crippen LogP contribution in [0.5, 0.6) is 0 Å². The zero-order valence-corrected chi connectivity index (χ0v) is 31.0. The van der Waals surface area contributed by atoms with Gasteiger partial charge in [-0.1, -0.05) is 165 Å². The monoisotopic (exact) mass is 718 g/mol. The summed E-state index contributed by atoms with van der Waals surface area (Å²) in [5.41, 5.74) is 15.8. The van der Waals surface area contributed by atoms with E-state index in [9.17, 15) is 5.26 Å². The topological polar surface area (TPSA) is 62.5 Å². The van der Waals surface area contributed by atoms with Gasteiger partial charge in [-0.2, -0.15) is 5.26 Å². The normalized spacial score (nSPS) is 13.8. The van der Waals surface area contributed by atoms with Crippen molar-refractivity contribution in [2.24, 2.45) is 0 Å². The molecule has 0 saturated heterocycles. The van der Waals surface area contributed by atoms with Crippen molar-refractivity contribution in [1.29, 1.82) is 5.26 Å². The quantitative estimate of drug-likeness (QED) is 0.172. The second-order valence-electron chi connectivity index (χ2n) is 15.0. The van der Waals surface area contributed by atoms with E-state index in [1.165, 1.54) is 58.2 Å². The van der Waals surface area contributed by atoms with E-state index < -0.39 is 0 Å². The highest BCUT2D eigenvalue weighted by Gasteiger charge is 2.44. The van der Waals surface area contributed by atoms with Crippen LogP contribution in [0.25, 0.3) is 78.7 Å². The van der Waals surface area contributed by atoms with E-state index in [-0.39, 0.29) is 5.41 Å². The molecule has 0 radical (unpaired) electrons. The number of nitrogens with zero attached hydrogens (tertiary/aromatic N) is 4. The van der Waals surface area contributed by atoms with Crippen molar-refractivity contribution in [2.45, 2.75) is 37.5 Å². The van der Waals surface area contributed by atoms with Crippen LogP contribution in [0.15, 0.2) is 170 Å². The Kier molecular flexibility index (Phi) is 8.42. The fourth-order valence-electron chi connectivity index (χ4n) is 9.05. The summed E-state index contributed by atoms with van der Waals surface area (Å²) in [4.78, 5) is 15.1. The highest BCUT2D eigenvalue weighted by molar-refractivity contribution is 5.94. The first-order valence-corrected chi connectivity index (χ1v) is 19.5. The minimum atomic E-state index is -0.0241. The van der Waals surface area contributed by atoms with Crippen LogP contribution in [0.1, 0.15) is 48.8 Å². The highest BCUT2D eigenvalue weighted by atomic mass is 15.0. The molecule has 0 atom stereocenters. The molecule has 1 saturated carbocycles. The van der Waals surface area contributed by atoms with E-state index in [0.717, 1.165) is 51.8 Å². The van der Waals surface area contributed by atoms with Crippen molar-refractivity contribution >= 4 is 0 Å². The largest absolute Gasteiger partial charge is 0.208 e. The molecule has 266 valence electrons. The lowest BCUT2D eigenvalue weighted by atomic mass is 9.67. The maximum atomic E-state index is 9.85. The summed E-state index contributed by atoms with van der Waals surface area (Å²) >= 11 is 0. The molecule has 0 N–H and O–H groups in total. The predicted octanol–water partition coefficient (Wildman–Crippen LogP) is 13.0. The Bertz CT molecular complexity index is 2780. The van der Waals surface area contributed by atoms with E-state index in [2.05, 4.69) is 133 Å². The van der Waals surface area contributed by atoms with Gasteiger partial charge < -0.3 is 0 Å². The van der Waals surface area contributed by atoms with E-state index in [1.807, 2.05) is 42.5 Å². The van der Waals surface area contributed by atoms with E-state index in [1.54, 1.807) is 0 Å². The molecule has 1 spiro atoms. The second-order valence-corrected chi connectivity index (χ2v) is 15.0. The van der Waals surface area contributed by atoms with Crippen molar-refractivity contribution in [3.05, 3.63) is 187 Å². The van der Waals surface area contributed by atoms with Crippen molar-refractivity contribution in [1.82, 2.24) is 15.0 Å².